The number of thiazole rings is 1. The van der Waals surface area contributed by atoms with Crippen molar-refractivity contribution in [1.82, 2.24) is 9.97 Å². The van der Waals surface area contributed by atoms with E-state index < -0.39 is 0 Å². The molecule has 0 saturated heterocycles. The van der Waals surface area contributed by atoms with Gasteiger partial charge in [0, 0.05) is 17.3 Å². The van der Waals surface area contributed by atoms with E-state index in [-0.39, 0.29) is 0 Å². The number of fused-ring (bicyclic) bond motifs is 1. The van der Waals surface area contributed by atoms with E-state index in [2.05, 4.69) is 16.0 Å². The molecule has 0 atom stereocenters. The first kappa shape index (κ1) is 13.8. The summed E-state index contributed by atoms with van der Waals surface area (Å²) in [5, 5.41) is 0.946. The first-order valence-electron chi connectivity index (χ1n) is 7.12. The highest BCUT2D eigenvalue weighted by Crippen LogP contribution is 2.32. The number of rotatable bonds is 3. The van der Waals surface area contributed by atoms with Gasteiger partial charge in [-0.3, -0.25) is 4.79 Å². The van der Waals surface area contributed by atoms with Crippen LogP contribution in [0.15, 0.2) is 53.1 Å². The summed E-state index contributed by atoms with van der Waals surface area (Å²) in [5.74, 6) is 1.03. The van der Waals surface area contributed by atoms with E-state index in [9.17, 15) is 4.79 Å². The van der Waals surface area contributed by atoms with Crippen LogP contribution in [0.5, 0.6) is 0 Å². The number of pyridine rings is 1. The molecule has 0 aliphatic carbocycles. The van der Waals surface area contributed by atoms with Gasteiger partial charge in [0.15, 0.2) is 12.0 Å². The predicted octanol–water partition coefficient (Wildman–Crippen LogP) is 4.74. The number of furan rings is 1. The zero-order valence-corrected chi connectivity index (χ0v) is 13.1. The summed E-state index contributed by atoms with van der Waals surface area (Å²) in [7, 11) is 0. The van der Waals surface area contributed by atoms with Crippen LogP contribution in [0.4, 0.5) is 0 Å². The Kier molecular flexibility index (Phi) is 3.28. The van der Waals surface area contributed by atoms with Gasteiger partial charge >= 0.3 is 0 Å². The highest BCUT2D eigenvalue weighted by Gasteiger charge is 2.11. The molecule has 0 radical (unpaired) electrons. The van der Waals surface area contributed by atoms with Crippen LogP contribution in [0.2, 0.25) is 0 Å². The lowest BCUT2D eigenvalue weighted by molar-refractivity contribution is 0.110. The number of benzene rings is 1. The molecular formula is C18H12N2O2S. The lowest BCUT2D eigenvalue weighted by atomic mass is 10.0. The number of nitrogens with zero attached hydrogens (tertiary/aromatic N) is 2. The van der Waals surface area contributed by atoms with E-state index in [4.69, 9.17) is 4.42 Å². The minimum Gasteiger partial charge on any atom is -0.453 e. The highest BCUT2D eigenvalue weighted by molar-refractivity contribution is 7.21. The molecular weight excluding hydrogens is 308 g/mol. The molecule has 112 valence electrons. The van der Waals surface area contributed by atoms with Gasteiger partial charge in [0.05, 0.1) is 0 Å². The molecule has 0 aliphatic rings. The van der Waals surface area contributed by atoms with Crippen molar-refractivity contribution >= 4 is 28.0 Å². The molecule has 4 rings (SSSR count). The predicted molar refractivity (Wildman–Crippen MR) is 90.7 cm³/mol. The first-order valence-corrected chi connectivity index (χ1v) is 7.94. The third-order valence-electron chi connectivity index (χ3n) is 3.65. The van der Waals surface area contributed by atoms with Gasteiger partial charge in [-0.2, -0.15) is 0 Å². The molecule has 0 spiro atoms. The van der Waals surface area contributed by atoms with Gasteiger partial charge in [0.2, 0.25) is 0 Å². The van der Waals surface area contributed by atoms with Gasteiger partial charge in [-0.25, -0.2) is 9.97 Å². The number of aldehydes is 1. The number of aromatic nitrogens is 2. The van der Waals surface area contributed by atoms with Crippen molar-refractivity contribution in [2.24, 2.45) is 0 Å². The molecule has 3 heterocycles. The quantitative estimate of drug-likeness (QED) is 0.512. The maximum absolute atomic E-state index is 10.8. The molecule has 0 aliphatic heterocycles. The Morgan fingerprint density at radius 1 is 1.17 bits per heavy atom. The van der Waals surface area contributed by atoms with Crippen LogP contribution in [0, 0.1) is 6.92 Å². The molecule has 3 aromatic heterocycles. The Morgan fingerprint density at radius 2 is 2.09 bits per heavy atom. The van der Waals surface area contributed by atoms with Crippen LogP contribution < -0.4 is 0 Å². The second-order valence-electron chi connectivity index (χ2n) is 5.20. The summed E-state index contributed by atoms with van der Waals surface area (Å²) in [4.78, 5) is 20.7. The topological polar surface area (TPSA) is 56.0 Å². The number of carbonyl (C=O) groups is 1. The van der Waals surface area contributed by atoms with E-state index in [0.29, 0.717) is 17.8 Å². The molecule has 23 heavy (non-hydrogen) atoms. The fourth-order valence-corrected chi connectivity index (χ4v) is 3.43. The summed E-state index contributed by atoms with van der Waals surface area (Å²) in [6.45, 7) is 2.02. The molecule has 5 heteroatoms. The normalized spacial score (nSPS) is 11.0. The summed E-state index contributed by atoms with van der Waals surface area (Å²) < 4.78 is 5.50. The number of carbonyl (C=O) groups excluding carboxylic acids is 1. The minimum absolute atomic E-state index is 0.334. The zero-order chi connectivity index (χ0) is 15.8. The van der Waals surface area contributed by atoms with Crippen LogP contribution in [-0.4, -0.2) is 16.3 Å². The Balaban J connectivity index is 1.76. The van der Waals surface area contributed by atoms with Crippen molar-refractivity contribution in [2.75, 3.05) is 0 Å². The molecule has 1 aromatic carbocycles. The summed E-state index contributed by atoms with van der Waals surface area (Å²) in [6, 6.07) is 13.4. The standard InChI is InChI=1S/C18H12N2O2S/c1-11-9-12(17-20-15-3-2-8-19-18(15)23-17)4-6-14(11)16-7-5-13(10-21)22-16/h2-10H,1H3. The van der Waals surface area contributed by atoms with Crippen LogP contribution in [-0.2, 0) is 0 Å². The van der Waals surface area contributed by atoms with Crippen molar-refractivity contribution in [3.63, 3.8) is 0 Å². The van der Waals surface area contributed by atoms with E-state index in [0.717, 1.165) is 32.0 Å². The van der Waals surface area contributed by atoms with Gasteiger partial charge in [0.1, 0.15) is 21.1 Å². The van der Waals surface area contributed by atoms with Crippen LogP contribution >= 0.6 is 11.3 Å². The number of hydrogen-bond acceptors (Lipinski definition) is 5. The zero-order valence-electron chi connectivity index (χ0n) is 12.3. The highest BCUT2D eigenvalue weighted by atomic mass is 32.1. The third kappa shape index (κ3) is 2.45. The maximum Gasteiger partial charge on any atom is 0.185 e. The average molecular weight is 320 g/mol. The second kappa shape index (κ2) is 5.44. The van der Waals surface area contributed by atoms with Gasteiger partial charge in [-0.1, -0.05) is 23.5 Å². The average Bonchev–Trinajstić information content (AvgIpc) is 3.21. The maximum atomic E-state index is 10.8. The van der Waals surface area contributed by atoms with E-state index in [1.54, 1.807) is 23.6 Å². The summed E-state index contributed by atoms with van der Waals surface area (Å²) in [5.41, 5.74) is 4.01. The lowest BCUT2D eigenvalue weighted by Crippen LogP contribution is -1.84. The van der Waals surface area contributed by atoms with Crippen molar-refractivity contribution in [2.45, 2.75) is 6.92 Å². The SMILES string of the molecule is Cc1cc(-c2nc3cccnc3s2)ccc1-c1ccc(C=O)o1. The lowest BCUT2D eigenvalue weighted by Gasteiger charge is -2.04. The van der Waals surface area contributed by atoms with E-state index >= 15 is 0 Å². The molecule has 4 aromatic rings. The Labute approximate surface area is 136 Å². The van der Waals surface area contributed by atoms with Gasteiger partial charge in [0.25, 0.3) is 0 Å². The molecule has 4 nitrogen and oxygen atoms in total. The summed E-state index contributed by atoms with van der Waals surface area (Å²) >= 11 is 1.58. The fraction of sp³-hybridized carbons (Fsp3) is 0.0556. The Hall–Kier alpha value is -2.79. The number of aryl methyl sites for hydroxylation is 1. The third-order valence-corrected chi connectivity index (χ3v) is 4.68. The molecule has 0 N–H and O–H groups in total. The van der Waals surface area contributed by atoms with E-state index in [1.807, 2.05) is 37.3 Å². The van der Waals surface area contributed by atoms with Gasteiger partial charge < -0.3 is 4.42 Å². The number of hydrogen-bond donors (Lipinski definition) is 0. The fourth-order valence-electron chi connectivity index (χ4n) is 2.53. The molecule has 0 saturated carbocycles. The van der Waals surface area contributed by atoms with Gasteiger partial charge in [-0.05, 0) is 42.8 Å². The van der Waals surface area contributed by atoms with Crippen LogP contribution in [0.1, 0.15) is 16.1 Å². The minimum atomic E-state index is 0.334. The Morgan fingerprint density at radius 3 is 2.83 bits per heavy atom. The Bertz CT molecular complexity index is 984. The van der Waals surface area contributed by atoms with Crippen molar-refractivity contribution in [1.29, 1.82) is 0 Å². The van der Waals surface area contributed by atoms with Crippen molar-refractivity contribution in [3.05, 3.63) is 60.0 Å². The molecule has 0 amide bonds. The molecule has 0 unspecified atom stereocenters. The molecule has 0 fully saturated rings. The van der Waals surface area contributed by atoms with Gasteiger partial charge in [-0.15, -0.1) is 0 Å². The largest absolute Gasteiger partial charge is 0.453 e. The molecule has 0 bridgehead atoms. The van der Waals surface area contributed by atoms with Crippen molar-refractivity contribution < 1.29 is 9.21 Å². The monoisotopic (exact) mass is 320 g/mol. The smallest absolute Gasteiger partial charge is 0.185 e. The second-order valence-corrected chi connectivity index (χ2v) is 6.17. The van der Waals surface area contributed by atoms with Crippen molar-refractivity contribution in [3.8, 4) is 21.9 Å². The van der Waals surface area contributed by atoms with Crippen LogP contribution in [0.3, 0.4) is 0 Å². The summed E-state index contributed by atoms with van der Waals surface area (Å²) in [6.07, 6.45) is 2.49. The van der Waals surface area contributed by atoms with Crippen LogP contribution in [0.25, 0.3) is 32.2 Å². The van der Waals surface area contributed by atoms with E-state index in [1.165, 1.54) is 0 Å². The first-order chi connectivity index (χ1) is 11.2.